The van der Waals surface area contributed by atoms with E-state index in [0.717, 1.165) is 44.6 Å². The fourth-order valence-corrected chi connectivity index (χ4v) is 8.36. The summed E-state index contributed by atoms with van der Waals surface area (Å²) in [5.74, 6) is 0. The van der Waals surface area contributed by atoms with Crippen molar-refractivity contribution in [2.45, 2.75) is 19.3 Å². The van der Waals surface area contributed by atoms with Crippen molar-refractivity contribution in [2.75, 3.05) is 4.90 Å². The van der Waals surface area contributed by atoms with Gasteiger partial charge in [-0.15, -0.1) is 0 Å². The summed E-state index contributed by atoms with van der Waals surface area (Å²) in [6, 6.07) is 59.5. The van der Waals surface area contributed by atoms with Crippen molar-refractivity contribution < 1.29 is 4.42 Å². The summed E-state index contributed by atoms with van der Waals surface area (Å²) in [5, 5.41) is 7.19. The van der Waals surface area contributed by atoms with Crippen LogP contribution in [0.4, 0.5) is 17.1 Å². The molecule has 0 fully saturated rings. The van der Waals surface area contributed by atoms with Gasteiger partial charge in [0.1, 0.15) is 11.2 Å². The highest BCUT2D eigenvalue weighted by Crippen LogP contribution is 2.53. The molecule has 0 amide bonds. The molecule has 0 aliphatic heterocycles. The van der Waals surface area contributed by atoms with Crippen molar-refractivity contribution in [3.63, 3.8) is 0 Å². The van der Waals surface area contributed by atoms with Crippen molar-refractivity contribution in [3.05, 3.63) is 175 Å². The van der Waals surface area contributed by atoms with Gasteiger partial charge in [0.05, 0.1) is 5.69 Å². The lowest BCUT2D eigenvalue weighted by Gasteiger charge is -2.30. The van der Waals surface area contributed by atoms with Crippen LogP contribution in [0.15, 0.2) is 168 Å². The summed E-state index contributed by atoms with van der Waals surface area (Å²) in [6.07, 6.45) is 0. The summed E-state index contributed by atoms with van der Waals surface area (Å²) in [6.45, 7) is 4.70. The third kappa shape index (κ3) is 4.07. The van der Waals surface area contributed by atoms with E-state index < -0.39 is 0 Å². The highest BCUT2D eigenvalue weighted by atomic mass is 16.3. The first-order chi connectivity index (χ1) is 24.1. The van der Waals surface area contributed by atoms with Crippen molar-refractivity contribution >= 4 is 60.5 Å². The SMILES string of the molecule is CC1(C)c2ccccc2-c2ccc(N(c3ccccc3)c3ccc4oc5ccccc5c4c3-c3cc4ccccc4c4ccccc34)cc21. The van der Waals surface area contributed by atoms with Crippen LogP contribution in [0.3, 0.4) is 0 Å². The van der Waals surface area contributed by atoms with E-state index in [9.17, 15) is 0 Å². The Kier molecular flexibility index (Phi) is 5.95. The molecule has 0 N–H and O–H groups in total. The van der Waals surface area contributed by atoms with Gasteiger partial charge in [0.2, 0.25) is 0 Å². The molecule has 9 aromatic rings. The number of para-hydroxylation sites is 2. The average molecular weight is 628 g/mol. The van der Waals surface area contributed by atoms with Gasteiger partial charge in [0.25, 0.3) is 0 Å². The van der Waals surface area contributed by atoms with E-state index in [1.54, 1.807) is 0 Å². The maximum Gasteiger partial charge on any atom is 0.136 e. The maximum absolute atomic E-state index is 6.57. The smallest absolute Gasteiger partial charge is 0.136 e. The molecular weight excluding hydrogens is 595 g/mol. The zero-order valence-corrected chi connectivity index (χ0v) is 27.4. The van der Waals surface area contributed by atoms with Gasteiger partial charge in [0.15, 0.2) is 0 Å². The molecule has 0 saturated heterocycles. The number of nitrogens with zero attached hydrogens (tertiary/aromatic N) is 1. The Bertz CT molecular complexity index is 2750. The van der Waals surface area contributed by atoms with Gasteiger partial charge in [-0.3, -0.25) is 0 Å². The lowest BCUT2D eigenvalue weighted by Crippen LogP contribution is -2.17. The number of benzene rings is 8. The van der Waals surface area contributed by atoms with Crippen LogP contribution in [0.2, 0.25) is 0 Å². The molecule has 0 spiro atoms. The Morgan fingerprint density at radius 2 is 1.12 bits per heavy atom. The van der Waals surface area contributed by atoms with E-state index in [1.807, 2.05) is 0 Å². The van der Waals surface area contributed by atoms with Crippen LogP contribution in [0.1, 0.15) is 25.0 Å². The van der Waals surface area contributed by atoms with Crippen molar-refractivity contribution in [1.82, 2.24) is 0 Å². The van der Waals surface area contributed by atoms with Gasteiger partial charge in [-0.1, -0.05) is 129 Å². The van der Waals surface area contributed by atoms with Crippen LogP contribution in [-0.2, 0) is 5.41 Å². The van der Waals surface area contributed by atoms with E-state index in [-0.39, 0.29) is 5.41 Å². The standard InChI is InChI=1S/C47H33NO/c1-47(2)40-22-12-10-20-36(40)37-25-24-32(29-41(37)47)48(31-15-4-3-5-16-31)42-26-27-44-46(38-21-11-13-23-43(38)49-44)45(42)39-28-30-14-6-7-17-33(30)34-18-8-9-19-35(34)39/h3-29H,1-2H3. The van der Waals surface area contributed by atoms with Gasteiger partial charge >= 0.3 is 0 Å². The van der Waals surface area contributed by atoms with Gasteiger partial charge in [-0.05, 0) is 97.9 Å². The number of hydrogen-bond acceptors (Lipinski definition) is 2. The van der Waals surface area contributed by atoms with Crippen LogP contribution >= 0.6 is 0 Å². The van der Waals surface area contributed by atoms with Gasteiger partial charge < -0.3 is 9.32 Å². The molecule has 232 valence electrons. The summed E-state index contributed by atoms with van der Waals surface area (Å²) in [5.41, 5.74) is 12.7. The summed E-state index contributed by atoms with van der Waals surface area (Å²) in [4.78, 5) is 2.44. The summed E-state index contributed by atoms with van der Waals surface area (Å²) >= 11 is 0. The minimum atomic E-state index is -0.119. The first-order valence-electron chi connectivity index (χ1n) is 17.0. The molecule has 1 aliphatic rings. The van der Waals surface area contributed by atoms with Crippen LogP contribution in [0.25, 0.3) is 65.7 Å². The molecule has 10 rings (SSSR count). The van der Waals surface area contributed by atoms with Crippen LogP contribution in [-0.4, -0.2) is 0 Å². The van der Waals surface area contributed by atoms with Crippen molar-refractivity contribution in [3.8, 4) is 22.3 Å². The Balaban J connectivity index is 1.33. The third-order valence-electron chi connectivity index (χ3n) is 10.6. The molecule has 2 nitrogen and oxygen atoms in total. The molecule has 49 heavy (non-hydrogen) atoms. The molecule has 0 bridgehead atoms. The van der Waals surface area contributed by atoms with Gasteiger partial charge in [0, 0.05) is 33.1 Å². The fraction of sp³-hybridized carbons (Fsp3) is 0.0638. The van der Waals surface area contributed by atoms with Crippen molar-refractivity contribution in [2.24, 2.45) is 0 Å². The van der Waals surface area contributed by atoms with Gasteiger partial charge in [-0.25, -0.2) is 0 Å². The normalized spacial score (nSPS) is 13.3. The predicted molar refractivity (Wildman–Crippen MR) is 206 cm³/mol. The van der Waals surface area contributed by atoms with Crippen LogP contribution in [0.5, 0.6) is 0 Å². The van der Waals surface area contributed by atoms with Gasteiger partial charge in [-0.2, -0.15) is 0 Å². The molecule has 1 aliphatic carbocycles. The summed E-state index contributed by atoms with van der Waals surface area (Å²) < 4.78 is 6.57. The average Bonchev–Trinajstić information content (AvgIpc) is 3.64. The fourth-order valence-electron chi connectivity index (χ4n) is 8.36. The number of hydrogen-bond donors (Lipinski definition) is 0. The monoisotopic (exact) mass is 627 g/mol. The predicted octanol–water partition coefficient (Wildman–Crippen LogP) is 13.3. The molecular formula is C47H33NO. The number of furan rings is 1. The lowest BCUT2D eigenvalue weighted by molar-refractivity contribution is 0.660. The molecule has 8 aromatic carbocycles. The van der Waals surface area contributed by atoms with E-state index in [2.05, 4.69) is 183 Å². The molecule has 1 heterocycles. The van der Waals surface area contributed by atoms with Crippen LogP contribution in [0, 0.1) is 0 Å². The Morgan fingerprint density at radius 1 is 0.449 bits per heavy atom. The first kappa shape index (κ1) is 27.9. The number of anilines is 3. The molecule has 0 unspecified atom stereocenters. The molecule has 0 atom stereocenters. The topological polar surface area (TPSA) is 16.4 Å². The highest BCUT2D eigenvalue weighted by Gasteiger charge is 2.36. The second-order valence-corrected chi connectivity index (χ2v) is 13.7. The Hall–Kier alpha value is -6.12. The van der Waals surface area contributed by atoms with Crippen LogP contribution < -0.4 is 4.90 Å². The Labute approximate surface area is 285 Å². The van der Waals surface area contributed by atoms with Crippen molar-refractivity contribution in [1.29, 1.82) is 0 Å². The molecule has 0 radical (unpaired) electrons. The number of fused-ring (bicyclic) bond motifs is 9. The molecule has 1 aromatic heterocycles. The first-order valence-corrected chi connectivity index (χ1v) is 17.0. The van der Waals surface area contributed by atoms with E-state index in [0.29, 0.717) is 0 Å². The largest absolute Gasteiger partial charge is 0.456 e. The second kappa shape index (κ2) is 10.4. The minimum absolute atomic E-state index is 0.119. The Morgan fingerprint density at radius 3 is 1.98 bits per heavy atom. The third-order valence-corrected chi connectivity index (χ3v) is 10.6. The van der Waals surface area contributed by atoms with E-state index in [1.165, 1.54) is 49.4 Å². The maximum atomic E-state index is 6.57. The zero-order chi connectivity index (χ0) is 32.7. The lowest BCUT2D eigenvalue weighted by atomic mass is 9.82. The van der Waals surface area contributed by atoms with E-state index >= 15 is 0 Å². The second-order valence-electron chi connectivity index (χ2n) is 13.7. The number of rotatable bonds is 4. The minimum Gasteiger partial charge on any atom is -0.456 e. The molecule has 2 heteroatoms. The molecule has 0 saturated carbocycles. The summed E-state index contributed by atoms with van der Waals surface area (Å²) in [7, 11) is 0. The van der Waals surface area contributed by atoms with E-state index in [4.69, 9.17) is 4.42 Å². The quantitative estimate of drug-likeness (QED) is 0.181. The zero-order valence-electron chi connectivity index (χ0n) is 27.4. The highest BCUT2D eigenvalue weighted by molar-refractivity contribution is 6.22.